The molecule has 0 aliphatic rings. The number of nitrogens with two attached hydrogens (primary N) is 4. The van der Waals surface area contributed by atoms with Crippen LogP contribution in [-0.2, 0) is 16.0 Å². The summed E-state index contributed by atoms with van der Waals surface area (Å²) in [4.78, 5) is 46.1. The van der Waals surface area contributed by atoms with Crippen LogP contribution in [0.4, 0.5) is 29.7 Å². The second-order valence-corrected chi connectivity index (χ2v) is 5.31. The van der Waals surface area contributed by atoms with Crippen molar-refractivity contribution in [3.05, 3.63) is 5.82 Å². The minimum Gasteiger partial charge on any atom is -0.368 e. The Labute approximate surface area is 148 Å². The van der Waals surface area contributed by atoms with Gasteiger partial charge in [0.2, 0.25) is 35.6 Å². The number of aromatic nitrogens is 6. The van der Waals surface area contributed by atoms with Crippen LogP contribution < -0.4 is 28.3 Å². The molecule has 2 aromatic heterocycles. The maximum atomic E-state index is 11.9. The lowest BCUT2D eigenvalue weighted by molar-refractivity contribution is -0.119. The van der Waals surface area contributed by atoms with E-state index >= 15 is 0 Å². The highest BCUT2D eigenvalue weighted by atomic mass is 16.1. The molecule has 0 fully saturated rings. The lowest BCUT2D eigenvalue weighted by Gasteiger charge is -2.05. The zero-order valence-electron chi connectivity index (χ0n) is 13.8. The van der Waals surface area contributed by atoms with E-state index in [0.29, 0.717) is 12.8 Å². The SMILES string of the molecule is Nc1nc(N)nc(CC(=O)CCCCC(=O)Nc2nc(N)nc(N)n2)n1. The molecule has 0 bridgehead atoms. The topological polar surface area (TPSA) is 228 Å². The highest BCUT2D eigenvalue weighted by Gasteiger charge is 2.10. The molecule has 2 rings (SSSR count). The third-order valence-electron chi connectivity index (χ3n) is 3.10. The molecule has 0 aliphatic heterocycles. The van der Waals surface area contributed by atoms with Gasteiger partial charge in [-0.2, -0.15) is 29.9 Å². The smallest absolute Gasteiger partial charge is 0.236 e. The molecule has 13 nitrogen and oxygen atoms in total. The Morgan fingerprint density at radius 2 is 1.23 bits per heavy atom. The number of rotatable bonds is 8. The molecule has 9 N–H and O–H groups in total. The number of hydrogen-bond donors (Lipinski definition) is 5. The second kappa shape index (κ2) is 8.46. The van der Waals surface area contributed by atoms with E-state index < -0.39 is 0 Å². The van der Waals surface area contributed by atoms with Crippen molar-refractivity contribution in [1.82, 2.24) is 29.9 Å². The number of nitrogens with one attached hydrogen (secondary N) is 1. The summed E-state index contributed by atoms with van der Waals surface area (Å²) in [5, 5.41) is 2.46. The van der Waals surface area contributed by atoms with Gasteiger partial charge in [-0.25, -0.2) is 0 Å². The molecule has 138 valence electrons. The fourth-order valence-electron chi connectivity index (χ4n) is 2.06. The first-order valence-corrected chi connectivity index (χ1v) is 7.66. The largest absolute Gasteiger partial charge is 0.368 e. The van der Waals surface area contributed by atoms with Gasteiger partial charge in [-0.3, -0.25) is 14.9 Å². The van der Waals surface area contributed by atoms with Crippen molar-refractivity contribution < 1.29 is 9.59 Å². The average Bonchev–Trinajstić information content (AvgIpc) is 2.49. The number of amides is 1. The van der Waals surface area contributed by atoms with E-state index in [4.69, 9.17) is 22.9 Å². The van der Waals surface area contributed by atoms with Crippen LogP contribution in [0.1, 0.15) is 31.5 Å². The van der Waals surface area contributed by atoms with Crippen molar-refractivity contribution in [3.8, 4) is 0 Å². The number of ketones is 1. The van der Waals surface area contributed by atoms with Crippen molar-refractivity contribution in [3.63, 3.8) is 0 Å². The highest BCUT2D eigenvalue weighted by molar-refractivity contribution is 5.89. The van der Waals surface area contributed by atoms with Gasteiger partial charge in [0.25, 0.3) is 0 Å². The van der Waals surface area contributed by atoms with Gasteiger partial charge in [-0.1, -0.05) is 0 Å². The first-order valence-electron chi connectivity index (χ1n) is 7.66. The third kappa shape index (κ3) is 6.10. The van der Waals surface area contributed by atoms with Gasteiger partial charge in [0.05, 0.1) is 6.42 Å². The third-order valence-corrected chi connectivity index (χ3v) is 3.10. The summed E-state index contributed by atoms with van der Waals surface area (Å²) in [5.41, 5.74) is 21.7. The fraction of sp³-hybridized carbons (Fsp3) is 0.385. The van der Waals surface area contributed by atoms with Crippen molar-refractivity contribution in [1.29, 1.82) is 0 Å². The Morgan fingerprint density at radius 1 is 0.731 bits per heavy atom. The summed E-state index contributed by atoms with van der Waals surface area (Å²) in [7, 11) is 0. The van der Waals surface area contributed by atoms with Crippen molar-refractivity contribution >= 4 is 41.4 Å². The van der Waals surface area contributed by atoms with Gasteiger partial charge < -0.3 is 22.9 Å². The predicted octanol–water partition coefficient (Wildman–Crippen LogP) is -1.30. The van der Waals surface area contributed by atoms with Gasteiger partial charge in [-0.05, 0) is 12.8 Å². The number of Topliss-reactive ketones (excluding diaryl/α,β-unsaturated/α-hetero) is 1. The number of hydrogen-bond acceptors (Lipinski definition) is 12. The van der Waals surface area contributed by atoms with Crippen LogP contribution >= 0.6 is 0 Å². The van der Waals surface area contributed by atoms with Crippen LogP contribution in [0.3, 0.4) is 0 Å². The Bertz CT molecular complexity index is 703. The molecule has 2 aromatic rings. The van der Waals surface area contributed by atoms with Crippen LogP contribution in [0.25, 0.3) is 0 Å². The van der Waals surface area contributed by atoms with Gasteiger partial charge in [0, 0.05) is 12.8 Å². The number of nitrogen functional groups attached to an aromatic ring is 4. The summed E-state index contributed by atoms with van der Waals surface area (Å²) >= 11 is 0. The van der Waals surface area contributed by atoms with E-state index in [1.807, 2.05) is 0 Å². The lowest BCUT2D eigenvalue weighted by atomic mass is 10.1. The fourth-order valence-corrected chi connectivity index (χ4v) is 2.06. The van der Waals surface area contributed by atoms with E-state index in [1.165, 1.54) is 0 Å². The molecular formula is C13H19N11O2. The van der Waals surface area contributed by atoms with Gasteiger partial charge in [-0.15, -0.1) is 0 Å². The summed E-state index contributed by atoms with van der Waals surface area (Å²) in [6, 6.07) is 0. The number of nitrogens with zero attached hydrogens (tertiary/aromatic N) is 6. The molecule has 1 amide bonds. The van der Waals surface area contributed by atoms with E-state index in [-0.39, 0.29) is 66.5 Å². The normalized spacial score (nSPS) is 10.5. The number of unbranched alkanes of at least 4 members (excludes halogenated alkanes) is 1. The Balaban J connectivity index is 1.70. The Hall–Kier alpha value is -3.64. The summed E-state index contributed by atoms with van der Waals surface area (Å²) < 4.78 is 0. The molecule has 0 aromatic carbocycles. The van der Waals surface area contributed by atoms with E-state index in [9.17, 15) is 9.59 Å². The molecule has 0 spiro atoms. The van der Waals surface area contributed by atoms with Crippen molar-refractivity contribution in [2.75, 3.05) is 28.3 Å². The van der Waals surface area contributed by atoms with E-state index in [0.717, 1.165) is 0 Å². The second-order valence-electron chi connectivity index (χ2n) is 5.31. The average molecular weight is 361 g/mol. The van der Waals surface area contributed by atoms with Crippen LogP contribution in [-0.4, -0.2) is 41.6 Å². The minimum atomic E-state index is -0.319. The predicted molar refractivity (Wildman–Crippen MR) is 93.1 cm³/mol. The van der Waals surface area contributed by atoms with Crippen LogP contribution in [0, 0.1) is 0 Å². The molecule has 0 unspecified atom stereocenters. The molecule has 2 heterocycles. The Kier molecular flexibility index (Phi) is 6.08. The zero-order chi connectivity index (χ0) is 19.1. The van der Waals surface area contributed by atoms with E-state index in [1.54, 1.807) is 0 Å². The monoisotopic (exact) mass is 361 g/mol. The first kappa shape index (κ1) is 18.7. The van der Waals surface area contributed by atoms with Crippen LogP contribution in [0.5, 0.6) is 0 Å². The van der Waals surface area contributed by atoms with Crippen LogP contribution in [0.15, 0.2) is 0 Å². The standard InChI is InChI=1S/C13H19N11O2/c14-9-18-7(19-10(15)21-9)5-6(25)3-1-2-4-8(26)20-13-23-11(16)22-12(17)24-13/h1-5H2,(H4,14,15,18,19,21)(H5,16,17,20,22,23,24,26). The van der Waals surface area contributed by atoms with Crippen molar-refractivity contribution in [2.45, 2.75) is 32.1 Å². The molecule has 13 heteroatoms. The molecule has 0 saturated heterocycles. The zero-order valence-corrected chi connectivity index (χ0v) is 13.8. The van der Waals surface area contributed by atoms with Gasteiger partial charge >= 0.3 is 0 Å². The Morgan fingerprint density at radius 3 is 1.81 bits per heavy atom. The summed E-state index contributed by atoms with van der Waals surface area (Å²) in [6.07, 6.45) is 1.47. The maximum Gasteiger partial charge on any atom is 0.236 e. The van der Waals surface area contributed by atoms with Crippen molar-refractivity contribution in [2.24, 2.45) is 0 Å². The molecule has 0 atom stereocenters. The maximum absolute atomic E-state index is 11.9. The molecule has 26 heavy (non-hydrogen) atoms. The number of carbonyl (C=O) groups excluding carboxylic acids is 2. The molecule has 0 saturated carbocycles. The summed E-state index contributed by atoms with van der Waals surface area (Å²) in [5.74, 6) is -0.429. The number of anilines is 5. The molecule has 0 radical (unpaired) electrons. The molecular weight excluding hydrogens is 342 g/mol. The lowest BCUT2D eigenvalue weighted by Crippen LogP contribution is -2.16. The van der Waals surface area contributed by atoms with Gasteiger partial charge in [0.1, 0.15) is 11.6 Å². The first-order chi connectivity index (χ1) is 12.3. The van der Waals surface area contributed by atoms with E-state index in [2.05, 4.69) is 35.2 Å². The quantitative estimate of drug-likeness (QED) is 0.345. The number of carbonyl (C=O) groups is 2. The minimum absolute atomic E-state index is 0.00647. The highest BCUT2D eigenvalue weighted by Crippen LogP contribution is 2.08. The van der Waals surface area contributed by atoms with Gasteiger partial charge in [0.15, 0.2) is 0 Å². The molecule has 0 aliphatic carbocycles. The summed E-state index contributed by atoms with van der Waals surface area (Å²) in [6.45, 7) is 0. The van der Waals surface area contributed by atoms with Crippen LogP contribution in [0.2, 0.25) is 0 Å².